The van der Waals surface area contributed by atoms with Crippen molar-refractivity contribution < 1.29 is 0 Å². The van der Waals surface area contributed by atoms with Crippen LogP contribution in [0, 0.1) is 0 Å². The summed E-state index contributed by atoms with van der Waals surface area (Å²) < 4.78 is 2.05. The average Bonchev–Trinajstić information content (AvgIpc) is 3.03. The number of piperazine rings is 1. The number of para-hydroxylation sites is 1. The molecule has 7 nitrogen and oxygen atoms in total. The predicted molar refractivity (Wildman–Crippen MR) is 146 cm³/mol. The molecule has 0 aliphatic carbocycles. The number of nitrogens with zero attached hydrogens (tertiary/aromatic N) is 5. The van der Waals surface area contributed by atoms with E-state index in [1.807, 2.05) is 36.6 Å². The molecule has 0 spiro atoms. The lowest BCUT2D eigenvalue weighted by Crippen LogP contribution is -2.51. The fourth-order valence-corrected chi connectivity index (χ4v) is 5.79. The van der Waals surface area contributed by atoms with Crippen LogP contribution >= 0.6 is 23.5 Å². The molecule has 2 unspecified atom stereocenters. The van der Waals surface area contributed by atoms with E-state index >= 15 is 0 Å². The van der Waals surface area contributed by atoms with Crippen LogP contribution in [0.3, 0.4) is 0 Å². The molecule has 2 fully saturated rings. The number of halogens is 1. The lowest BCUT2D eigenvalue weighted by atomic mass is 10.1. The Bertz CT molecular complexity index is 1140. The highest BCUT2D eigenvalue weighted by atomic mass is 35.5. The van der Waals surface area contributed by atoms with Crippen molar-refractivity contribution in [2.45, 2.75) is 36.4 Å². The summed E-state index contributed by atoms with van der Waals surface area (Å²) in [6.45, 7) is 3.33. The minimum absolute atomic E-state index is 0.469. The Hall–Kier alpha value is -2.36. The van der Waals surface area contributed by atoms with E-state index in [1.165, 1.54) is 18.4 Å². The Morgan fingerprint density at radius 1 is 1.03 bits per heavy atom. The number of rotatable bonds is 8. The molecule has 35 heavy (non-hydrogen) atoms. The van der Waals surface area contributed by atoms with Crippen LogP contribution in [-0.4, -0.2) is 70.4 Å². The largest absolute Gasteiger partial charge is 0.338 e. The Balaban J connectivity index is 1.24. The first-order valence-electron chi connectivity index (χ1n) is 12.0. The van der Waals surface area contributed by atoms with Gasteiger partial charge in [0.15, 0.2) is 5.82 Å². The lowest BCUT2D eigenvalue weighted by molar-refractivity contribution is 0.0838. The van der Waals surface area contributed by atoms with E-state index in [0.29, 0.717) is 28.9 Å². The third-order valence-electron chi connectivity index (χ3n) is 6.70. The third-order valence-corrected chi connectivity index (χ3v) is 7.90. The van der Waals surface area contributed by atoms with E-state index in [1.54, 1.807) is 18.1 Å². The summed E-state index contributed by atoms with van der Waals surface area (Å²) in [5.41, 5.74) is 3.22. The number of likely N-dealkylation sites (N-methyl/N-ethyl adjacent to an activating group) is 1. The molecule has 5 rings (SSSR count). The van der Waals surface area contributed by atoms with E-state index in [4.69, 9.17) is 11.6 Å². The Kier molecular flexibility index (Phi) is 7.45. The SMILES string of the molecule is CN(C)Sc1ccccc1Nc1nc(Nc2ccc(CN3CC4CCC(C3)N4C)cc2)ncc1Cl. The van der Waals surface area contributed by atoms with Gasteiger partial charge >= 0.3 is 0 Å². The summed E-state index contributed by atoms with van der Waals surface area (Å²) >= 11 is 8.05. The molecule has 2 bridgehead atoms. The van der Waals surface area contributed by atoms with Crippen molar-refractivity contribution in [2.24, 2.45) is 0 Å². The van der Waals surface area contributed by atoms with Crippen LogP contribution in [0.4, 0.5) is 23.1 Å². The van der Waals surface area contributed by atoms with E-state index in [-0.39, 0.29) is 0 Å². The molecule has 0 amide bonds. The molecule has 0 saturated carbocycles. The fraction of sp³-hybridized carbons (Fsp3) is 0.385. The van der Waals surface area contributed by atoms with Crippen molar-refractivity contribution in [1.29, 1.82) is 0 Å². The molecule has 2 aliphatic rings. The van der Waals surface area contributed by atoms with E-state index in [2.05, 4.69) is 67.8 Å². The van der Waals surface area contributed by atoms with Crippen LogP contribution in [-0.2, 0) is 6.54 Å². The van der Waals surface area contributed by atoms with Crippen LogP contribution < -0.4 is 10.6 Å². The summed E-state index contributed by atoms with van der Waals surface area (Å²) in [6, 6.07) is 18.1. The minimum atomic E-state index is 0.469. The van der Waals surface area contributed by atoms with Gasteiger partial charge in [-0.15, -0.1) is 0 Å². The van der Waals surface area contributed by atoms with Crippen molar-refractivity contribution in [3.05, 3.63) is 65.3 Å². The summed E-state index contributed by atoms with van der Waals surface area (Å²) in [5, 5.41) is 7.14. The van der Waals surface area contributed by atoms with E-state index in [9.17, 15) is 0 Å². The summed E-state index contributed by atoms with van der Waals surface area (Å²) in [4.78, 5) is 15.3. The number of hydrogen-bond donors (Lipinski definition) is 2. The van der Waals surface area contributed by atoms with Gasteiger partial charge in [0.05, 0.1) is 11.9 Å². The molecular weight excluding hydrogens is 478 g/mol. The first-order chi connectivity index (χ1) is 16.9. The van der Waals surface area contributed by atoms with E-state index < -0.39 is 0 Å². The van der Waals surface area contributed by atoms with Crippen LogP contribution in [0.15, 0.2) is 59.6 Å². The van der Waals surface area contributed by atoms with Gasteiger partial charge < -0.3 is 10.6 Å². The normalized spacial score (nSPS) is 20.4. The predicted octanol–water partition coefficient (Wildman–Crippen LogP) is 5.46. The standard InChI is InChI=1S/C26H32ClN7S/c1-32(2)35-24-7-5-4-6-23(24)30-25-22(27)14-28-26(31-25)29-19-10-8-18(9-11-19)15-34-16-20-12-13-21(17-34)33(20)3/h4-11,14,20-21H,12-13,15-17H2,1-3H3,(H2,28,29,30,31). The third kappa shape index (κ3) is 5.90. The Labute approximate surface area is 217 Å². The fourth-order valence-electron chi connectivity index (χ4n) is 4.90. The highest BCUT2D eigenvalue weighted by Crippen LogP contribution is 2.33. The molecule has 3 heterocycles. The lowest BCUT2D eigenvalue weighted by Gasteiger charge is -2.38. The first kappa shape index (κ1) is 24.3. The highest BCUT2D eigenvalue weighted by molar-refractivity contribution is 7.97. The summed E-state index contributed by atoms with van der Waals surface area (Å²) in [7, 11) is 6.31. The van der Waals surface area contributed by atoms with Gasteiger partial charge in [-0.2, -0.15) is 4.98 Å². The number of hydrogen-bond acceptors (Lipinski definition) is 8. The van der Waals surface area contributed by atoms with Gasteiger partial charge in [0.25, 0.3) is 0 Å². The van der Waals surface area contributed by atoms with Crippen molar-refractivity contribution in [1.82, 2.24) is 24.1 Å². The zero-order valence-corrected chi connectivity index (χ0v) is 22.0. The number of anilines is 4. The topological polar surface area (TPSA) is 59.6 Å². The zero-order valence-electron chi connectivity index (χ0n) is 20.4. The molecule has 2 saturated heterocycles. The molecule has 9 heteroatoms. The van der Waals surface area contributed by atoms with Gasteiger partial charge in [-0.1, -0.05) is 35.9 Å². The Morgan fingerprint density at radius 3 is 2.46 bits per heavy atom. The summed E-state index contributed by atoms with van der Waals surface area (Å²) in [6.07, 6.45) is 4.29. The number of aromatic nitrogens is 2. The van der Waals surface area contributed by atoms with Crippen molar-refractivity contribution in [3.63, 3.8) is 0 Å². The summed E-state index contributed by atoms with van der Waals surface area (Å²) in [5.74, 6) is 1.07. The first-order valence-corrected chi connectivity index (χ1v) is 13.1. The molecule has 2 aliphatic heterocycles. The average molecular weight is 510 g/mol. The smallest absolute Gasteiger partial charge is 0.229 e. The number of fused-ring (bicyclic) bond motifs is 2. The van der Waals surface area contributed by atoms with Crippen LogP contribution in [0.5, 0.6) is 0 Å². The van der Waals surface area contributed by atoms with Gasteiger partial charge in [0, 0.05) is 42.3 Å². The number of benzene rings is 2. The molecule has 2 N–H and O–H groups in total. The minimum Gasteiger partial charge on any atom is -0.338 e. The molecule has 1 aromatic heterocycles. The molecule has 184 valence electrons. The number of nitrogens with one attached hydrogen (secondary N) is 2. The molecule has 0 radical (unpaired) electrons. The number of likely N-dealkylation sites (tertiary alicyclic amines) is 1. The Morgan fingerprint density at radius 2 is 1.74 bits per heavy atom. The van der Waals surface area contributed by atoms with Crippen LogP contribution in [0.2, 0.25) is 5.02 Å². The zero-order chi connectivity index (χ0) is 24.4. The van der Waals surface area contributed by atoms with Gasteiger partial charge in [-0.3, -0.25) is 14.1 Å². The monoisotopic (exact) mass is 509 g/mol. The van der Waals surface area contributed by atoms with Gasteiger partial charge in [0.1, 0.15) is 5.02 Å². The molecule has 2 atom stereocenters. The molecule has 3 aromatic rings. The highest BCUT2D eigenvalue weighted by Gasteiger charge is 2.37. The van der Waals surface area contributed by atoms with Crippen molar-refractivity contribution in [3.8, 4) is 0 Å². The van der Waals surface area contributed by atoms with Crippen molar-refractivity contribution in [2.75, 3.05) is 44.9 Å². The second kappa shape index (κ2) is 10.7. The molecule has 2 aromatic carbocycles. The maximum Gasteiger partial charge on any atom is 0.229 e. The van der Waals surface area contributed by atoms with Crippen LogP contribution in [0.25, 0.3) is 0 Å². The van der Waals surface area contributed by atoms with Gasteiger partial charge in [0.2, 0.25) is 5.95 Å². The second-order valence-corrected chi connectivity index (χ2v) is 11.2. The molecular formula is C26H32ClN7S. The van der Waals surface area contributed by atoms with Crippen LogP contribution in [0.1, 0.15) is 18.4 Å². The van der Waals surface area contributed by atoms with Gasteiger partial charge in [-0.25, -0.2) is 4.98 Å². The second-order valence-electron chi connectivity index (χ2n) is 9.48. The van der Waals surface area contributed by atoms with Gasteiger partial charge in [-0.05, 0) is 75.8 Å². The van der Waals surface area contributed by atoms with E-state index in [0.717, 1.165) is 35.9 Å². The maximum atomic E-state index is 6.41. The quantitative estimate of drug-likeness (QED) is 0.388. The van der Waals surface area contributed by atoms with Crippen molar-refractivity contribution >= 4 is 46.7 Å². The maximum absolute atomic E-state index is 6.41.